The minimum absolute atomic E-state index is 0.118. The first-order valence-electron chi connectivity index (χ1n) is 13.3. The standard InChI is InChI=1S/C33H28FI2N3O3/c1-19(2)24-16-25(20(3)13-30(24)41-4)32-38-29-12-8-6-10-23(29)33(40)39(32)37-17-21-14-27(35)31(28(36)15-21)42-18-22-9-5-7-11-26(22)34/h5-17,19H,18H2,1-4H3. The number of nitrogens with zero attached hydrogens (tertiary/aromatic N) is 3. The topological polar surface area (TPSA) is 65.7 Å². The highest BCUT2D eigenvalue weighted by Gasteiger charge is 2.18. The Morgan fingerprint density at radius 3 is 2.40 bits per heavy atom. The van der Waals surface area contributed by atoms with E-state index >= 15 is 0 Å². The van der Waals surface area contributed by atoms with Crippen LogP contribution in [0.25, 0.3) is 22.3 Å². The number of aryl methyl sites for hydroxylation is 1. The lowest BCUT2D eigenvalue weighted by molar-refractivity contribution is 0.295. The summed E-state index contributed by atoms with van der Waals surface area (Å²) in [5, 5.41) is 5.15. The van der Waals surface area contributed by atoms with Crippen molar-refractivity contribution in [2.45, 2.75) is 33.3 Å². The van der Waals surface area contributed by atoms with E-state index < -0.39 is 0 Å². The molecule has 9 heteroatoms. The Morgan fingerprint density at radius 1 is 1.02 bits per heavy atom. The first-order chi connectivity index (χ1) is 20.2. The molecule has 0 radical (unpaired) electrons. The van der Waals surface area contributed by atoms with Crippen LogP contribution in [-0.2, 0) is 6.61 Å². The van der Waals surface area contributed by atoms with Crippen LogP contribution in [0.4, 0.5) is 4.39 Å². The predicted octanol–water partition coefficient (Wildman–Crippen LogP) is 8.31. The van der Waals surface area contributed by atoms with Crippen molar-refractivity contribution in [3.63, 3.8) is 0 Å². The molecule has 0 amide bonds. The summed E-state index contributed by atoms with van der Waals surface area (Å²) in [4.78, 5) is 18.7. The van der Waals surface area contributed by atoms with Gasteiger partial charge in [-0.1, -0.05) is 44.2 Å². The van der Waals surface area contributed by atoms with Gasteiger partial charge in [-0.25, -0.2) is 9.37 Å². The third kappa shape index (κ3) is 6.22. The number of ether oxygens (including phenoxy) is 2. The second-order valence-corrected chi connectivity index (χ2v) is 12.4. The van der Waals surface area contributed by atoms with Crippen LogP contribution in [0.15, 0.2) is 82.7 Å². The lowest BCUT2D eigenvalue weighted by atomic mass is 9.96. The molecule has 0 aliphatic heterocycles. The molecule has 0 unspecified atom stereocenters. The zero-order valence-corrected chi connectivity index (χ0v) is 27.8. The lowest BCUT2D eigenvalue weighted by Crippen LogP contribution is -2.21. The molecular formula is C33H28FI2N3O3. The maximum Gasteiger partial charge on any atom is 0.282 e. The molecule has 0 N–H and O–H groups in total. The van der Waals surface area contributed by atoms with Crippen LogP contribution in [-0.4, -0.2) is 23.0 Å². The molecule has 5 aromatic rings. The summed E-state index contributed by atoms with van der Waals surface area (Å²) >= 11 is 4.39. The Hall–Kier alpha value is -3.32. The first kappa shape index (κ1) is 30.1. The number of hydrogen-bond acceptors (Lipinski definition) is 5. The Kier molecular flexibility index (Phi) is 9.26. The molecule has 1 aromatic heterocycles. The van der Waals surface area contributed by atoms with Crippen molar-refractivity contribution in [2.24, 2.45) is 5.10 Å². The number of fused-ring (bicyclic) bond motifs is 1. The average molecular weight is 787 g/mol. The van der Waals surface area contributed by atoms with Crippen molar-refractivity contribution in [2.75, 3.05) is 7.11 Å². The van der Waals surface area contributed by atoms with Crippen molar-refractivity contribution < 1.29 is 13.9 Å². The van der Waals surface area contributed by atoms with Gasteiger partial charge in [0.2, 0.25) is 0 Å². The summed E-state index contributed by atoms with van der Waals surface area (Å²) in [6.45, 7) is 6.29. The number of aromatic nitrogens is 2. The molecule has 4 aromatic carbocycles. The number of hydrogen-bond donors (Lipinski definition) is 0. The number of rotatable bonds is 8. The highest BCUT2D eigenvalue weighted by atomic mass is 127. The van der Waals surface area contributed by atoms with Gasteiger partial charge in [0.15, 0.2) is 5.82 Å². The van der Waals surface area contributed by atoms with Gasteiger partial charge in [0.1, 0.15) is 23.9 Å². The van der Waals surface area contributed by atoms with Crippen LogP contribution >= 0.6 is 45.2 Å². The SMILES string of the molecule is COc1cc(C)c(-c2nc3ccccc3c(=O)n2N=Cc2cc(I)c(OCc3ccccc3F)c(I)c2)cc1C(C)C. The van der Waals surface area contributed by atoms with Crippen LogP contribution in [0.2, 0.25) is 0 Å². The second-order valence-electron chi connectivity index (χ2n) is 10.1. The Bertz CT molecular complexity index is 1860. The number of methoxy groups -OCH3 is 1. The molecule has 0 fully saturated rings. The normalized spacial score (nSPS) is 11.5. The maximum absolute atomic E-state index is 14.1. The monoisotopic (exact) mass is 787 g/mol. The molecule has 0 spiro atoms. The summed E-state index contributed by atoms with van der Waals surface area (Å²) in [5.74, 6) is 1.81. The summed E-state index contributed by atoms with van der Waals surface area (Å²) < 4.78 is 28.8. The van der Waals surface area contributed by atoms with E-state index in [2.05, 4.69) is 64.1 Å². The zero-order valence-electron chi connectivity index (χ0n) is 23.5. The zero-order chi connectivity index (χ0) is 30.0. The van der Waals surface area contributed by atoms with Crippen LogP contribution in [0.5, 0.6) is 11.5 Å². The van der Waals surface area contributed by atoms with E-state index in [-0.39, 0.29) is 23.9 Å². The molecule has 42 heavy (non-hydrogen) atoms. The molecule has 214 valence electrons. The van der Waals surface area contributed by atoms with E-state index in [9.17, 15) is 9.18 Å². The molecule has 5 rings (SSSR count). The summed E-state index contributed by atoms with van der Waals surface area (Å²) in [6, 6.07) is 21.7. The van der Waals surface area contributed by atoms with Gasteiger partial charge in [-0.15, -0.1) is 0 Å². The first-order valence-corrected chi connectivity index (χ1v) is 15.4. The quantitative estimate of drug-likeness (QED) is 0.117. The fourth-order valence-corrected chi connectivity index (χ4v) is 6.78. The largest absolute Gasteiger partial charge is 0.496 e. The van der Waals surface area contributed by atoms with Crippen molar-refractivity contribution in [1.29, 1.82) is 0 Å². The Labute approximate surface area is 270 Å². The van der Waals surface area contributed by atoms with Gasteiger partial charge >= 0.3 is 0 Å². The molecule has 0 saturated carbocycles. The molecule has 0 aliphatic carbocycles. The minimum atomic E-state index is -0.302. The Morgan fingerprint density at radius 2 is 1.71 bits per heavy atom. The van der Waals surface area contributed by atoms with Gasteiger partial charge in [-0.3, -0.25) is 4.79 Å². The van der Waals surface area contributed by atoms with Crippen molar-refractivity contribution in [1.82, 2.24) is 9.66 Å². The Balaban J connectivity index is 1.57. The predicted molar refractivity (Wildman–Crippen MR) is 182 cm³/mol. The van der Waals surface area contributed by atoms with Gasteiger partial charge < -0.3 is 9.47 Å². The van der Waals surface area contributed by atoms with E-state index in [1.54, 1.807) is 37.6 Å². The third-order valence-electron chi connectivity index (χ3n) is 6.87. The third-order valence-corrected chi connectivity index (χ3v) is 8.47. The molecule has 0 bridgehead atoms. The van der Waals surface area contributed by atoms with Gasteiger partial charge in [0.25, 0.3) is 5.56 Å². The van der Waals surface area contributed by atoms with E-state index in [0.717, 1.165) is 35.1 Å². The van der Waals surface area contributed by atoms with E-state index in [1.807, 2.05) is 49.4 Å². The van der Waals surface area contributed by atoms with Crippen molar-refractivity contribution >= 4 is 62.3 Å². The van der Waals surface area contributed by atoms with Crippen molar-refractivity contribution in [3.05, 3.63) is 118 Å². The molecule has 0 aliphatic rings. The molecule has 0 saturated heterocycles. The summed E-state index contributed by atoms with van der Waals surface area (Å²) in [7, 11) is 1.66. The highest BCUT2D eigenvalue weighted by molar-refractivity contribution is 14.1. The average Bonchev–Trinajstić information content (AvgIpc) is 2.96. The highest BCUT2D eigenvalue weighted by Crippen LogP contribution is 2.34. The maximum atomic E-state index is 14.1. The van der Waals surface area contributed by atoms with Crippen LogP contribution < -0.4 is 15.0 Å². The van der Waals surface area contributed by atoms with Gasteiger partial charge in [0.05, 0.1) is 31.4 Å². The van der Waals surface area contributed by atoms with Crippen LogP contribution in [0.1, 0.15) is 42.0 Å². The van der Waals surface area contributed by atoms with Crippen LogP contribution in [0, 0.1) is 19.9 Å². The smallest absolute Gasteiger partial charge is 0.282 e. The molecular weight excluding hydrogens is 759 g/mol. The van der Waals surface area contributed by atoms with Crippen molar-refractivity contribution in [3.8, 4) is 22.9 Å². The molecule has 0 atom stereocenters. The van der Waals surface area contributed by atoms with E-state index in [1.165, 1.54) is 10.7 Å². The number of benzene rings is 4. The lowest BCUT2D eigenvalue weighted by Gasteiger charge is -2.17. The fraction of sp³-hybridized carbons (Fsp3) is 0.182. The van der Waals surface area contributed by atoms with Gasteiger partial charge in [-0.2, -0.15) is 9.78 Å². The van der Waals surface area contributed by atoms with E-state index in [4.69, 9.17) is 14.5 Å². The van der Waals surface area contributed by atoms with Gasteiger partial charge in [-0.05, 0) is 117 Å². The van der Waals surface area contributed by atoms with Crippen LogP contribution in [0.3, 0.4) is 0 Å². The van der Waals surface area contributed by atoms with E-state index in [0.29, 0.717) is 28.0 Å². The van der Waals surface area contributed by atoms with Gasteiger partial charge in [0, 0.05) is 11.1 Å². The fourth-order valence-electron chi connectivity index (χ4n) is 4.65. The summed E-state index contributed by atoms with van der Waals surface area (Å²) in [6.07, 6.45) is 1.65. The second kappa shape index (κ2) is 12.9. The summed E-state index contributed by atoms with van der Waals surface area (Å²) in [5.41, 5.74) is 4.35. The molecule has 6 nitrogen and oxygen atoms in total. The number of halogens is 3. The minimum Gasteiger partial charge on any atom is -0.496 e. The number of para-hydroxylation sites is 1. The molecule has 1 heterocycles.